The van der Waals surface area contributed by atoms with E-state index in [9.17, 15) is 0 Å². The molecule has 0 aliphatic heterocycles. The normalized spacial score (nSPS) is 16.1. The Balaban J connectivity index is 1.99. The third-order valence-corrected chi connectivity index (χ3v) is 5.25. The molecule has 0 aromatic carbocycles. The molecular formula is C14H18ClN3S. The van der Waals surface area contributed by atoms with Crippen molar-refractivity contribution in [3.05, 3.63) is 38.3 Å². The van der Waals surface area contributed by atoms with E-state index < -0.39 is 0 Å². The van der Waals surface area contributed by atoms with Crippen LogP contribution < -0.4 is 5.73 Å². The minimum atomic E-state index is -0.173. The highest BCUT2D eigenvalue weighted by Crippen LogP contribution is 2.37. The first-order valence-corrected chi connectivity index (χ1v) is 7.87. The monoisotopic (exact) mass is 295 g/mol. The van der Waals surface area contributed by atoms with E-state index in [0.29, 0.717) is 5.02 Å². The minimum absolute atomic E-state index is 0.173. The lowest BCUT2D eigenvalue weighted by molar-refractivity contribution is 0.500. The van der Waals surface area contributed by atoms with Crippen LogP contribution in [0.4, 0.5) is 0 Å². The molecular weight excluding hydrogens is 278 g/mol. The average Bonchev–Trinajstić information content (AvgIpc) is 3.00. The highest BCUT2D eigenvalue weighted by atomic mass is 35.5. The van der Waals surface area contributed by atoms with Crippen molar-refractivity contribution in [3.8, 4) is 0 Å². The summed E-state index contributed by atoms with van der Waals surface area (Å²) < 4.78 is 1.93. The molecule has 19 heavy (non-hydrogen) atoms. The van der Waals surface area contributed by atoms with Crippen LogP contribution in [0.2, 0.25) is 5.02 Å². The van der Waals surface area contributed by atoms with Gasteiger partial charge in [-0.2, -0.15) is 5.10 Å². The molecule has 1 aliphatic rings. The lowest BCUT2D eigenvalue weighted by atomic mass is 10.1. The lowest BCUT2D eigenvalue weighted by Crippen LogP contribution is -2.18. The van der Waals surface area contributed by atoms with E-state index in [-0.39, 0.29) is 12.1 Å². The van der Waals surface area contributed by atoms with Gasteiger partial charge in [0.1, 0.15) is 0 Å². The molecule has 1 aliphatic carbocycles. The van der Waals surface area contributed by atoms with E-state index in [0.717, 1.165) is 5.69 Å². The smallest absolute Gasteiger partial charge is 0.0838 e. The molecule has 0 spiro atoms. The van der Waals surface area contributed by atoms with Gasteiger partial charge in [0.25, 0.3) is 0 Å². The van der Waals surface area contributed by atoms with Crippen molar-refractivity contribution in [2.75, 3.05) is 0 Å². The van der Waals surface area contributed by atoms with Gasteiger partial charge in [0.15, 0.2) is 0 Å². The molecule has 0 saturated heterocycles. The summed E-state index contributed by atoms with van der Waals surface area (Å²) in [7, 11) is 0. The summed E-state index contributed by atoms with van der Waals surface area (Å²) >= 11 is 8.10. The van der Waals surface area contributed by atoms with Gasteiger partial charge < -0.3 is 5.73 Å². The fourth-order valence-corrected chi connectivity index (χ4v) is 4.20. The molecule has 102 valence electrons. The highest BCUT2D eigenvalue weighted by molar-refractivity contribution is 7.12. The zero-order chi connectivity index (χ0) is 13.6. The van der Waals surface area contributed by atoms with Crippen LogP contribution >= 0.6 is 22.9 Å². The number of fused-ring (bicyclic) bond motifs is 1. The largest absolute Gasteiger partial charge is 0.318 e. The van der Waals surface area contributed by atoms with Gasteiger partial charge in [-0.25, -0.2) is 0 Å². The first kappa shape index (κ1) is 13.2. The van der Waals surface area contributed by atoms with Crippen molar-refractivity contribution in [2.24, 2.45) is 5.73 Å². The maximum atomic E-state index is 6.43. The standard InChI is InChI=1S/C14H18ClN3S/c1-8(2)18-14(10(15)7-17-18)13(16)12-6-9-4-3-5-11(9)19-12/h6-8,13H,3-5,16H2,1-2H3. The van der Waals surface area contributed by atoms with Gasteiger partial charge in [-0.3, -0.25) is 4.68 Å². The van der Waals surface area contributed by atoms with Gasteiger partial charge in [0.2, 0.25) is 0 Å². The van der Waals surface area contributed by atoms with Gasteiger partial charge in [0.05, 0.1) is 23.0 Å². The molecule has 0 amide bonds. The number of aromatic nitrogens is 2. The zero-order valence-electron chi connectivity index (χ0n) is 11.2. The second-order valence-corrected chi connectivity index (χ2v) is 6.92. The van der Waals surface area contributed by atoms with E-state index in [4.69, 9.17) is 17.3 Å². The van der Waals surface area contributed by atoms with E-state index in [2.05, 4.69) is 25.0 Å². The Morgan fingerprint density at radius 1 is 1.42 bits per heavy atom. The Bertz CT molecular complexity index is 578. The molecule has 1 atom stereocenters. The molecule has 5 heteroatoms. The Labute approximate surface area is 122 Å². The molecule has 2 aromatic rings. The Kier molecular flexibility index (Phi) is 3.41. The summed E-state index contributed by atoms with van der Waals surface area (Å²) in [4.78, 5) is 2.70. The molecule has 2 heterocycles. The van der Waals surface area contributed by atoms with Crippen molar-refractivity contribution < 1.29 is 0 Å². The van der Waals surface area contributed by atoms with Crippen molar-refractivity contribution in [2.45, 2.75) is 45.2 Å². The molecule has 3 nitrogen and oxygen atoms in total. The second-order valence-electron chi connectivity index (χ2n) is 5.34. The number of hydrogen-bond acceptors (Lipinski definition) is 3. The average molecular weight is 296 g/mol. The summed E-state index contributed by atoms with van der Waals surface area (Å²) in [5.41, 5.74) is 8.83. The van der Waals surface area contributed by atoms with Crippen LogP contribution in [0, 0.1) is 0 Å². The van der Waals surface area contributed by atoms with Crippen LogP contribution in [0.3, 0.4) is 0 Å². The predicted octanol–water partition coefficient (Wildman–Crippen LogP) is 3.72. The van der Waals surface area contributed by atoms with Gasteiger partial charge >= 0.3 is 0 Å². The van der Waals surface area contributed by atoms with E-state index in [1.54, 1.807) is 6.20 Å². The fourth-order valence-electron chi connectivity index (χ4n) is 2.69. The molecule has 2 N–H and O–H groups in total. The third-order valence-electron chi connectivity index (χ3n) is 3.64. The number of hydrogen-bond donors (Lipinski definition) is 1. The van der Waals surface area contributed by atoms with Crippen LogP contribution in [0.25, 0.3) is 0 Å². The lowest BCUT2D eigenvalue weighted by Gasteiger charge is -2.16. The van der Waals surface area contributed by atoms with Crippen molar-refractivity contribution in [1.29, 1.82) is 0 Å². The molecule has 0 fully saturated rings. The quantitative estimate of drug-likeness (QED) is 0.938. The van der Waals surface area contributed by atoms with Gasteiger partial charge in [0, 0.05) is 15.8 Å². The maximum absolute atomic E-state index is 6.43. The summed E-state index contributed by atoms with van der Waals surface area (Å²) in [6.07, 6.45) is 5.36. The number of rotatable bonds is 3. The van der Waals surface area contributed by atoms with E-state index in [1.807, 2.05) is 16.0 Å². The van der Waals surface area contributed by atoms with E-state index >= 15 is 0 Å². The molecule has 0 bridgehead atoms. The minimum Gasteiger partial charge on any atom is -0.318 e. The molecule has 2 aromatic heterocycles. The van der Waals surface area contributed by atoms with Crippen LogP contribution in [0.15, 0.2) is 12.3 Å². The fraction of sp³-hybridized carbons (Fsp3) is 0.500. The summed E-state index contributed by atoms with van der Waals surface area (Å²) in [5.74, 6) is 0. The topological polar surface area (TPSA) is 43.8 Å². The zero-order valence-corrected chi connectivity index (χ0v) is 12.8. The highest BCUT2D eigenvalue weighted by Gasteiger charge is 2.24. The van der Waals surface area contributed by atoms with Crippen molar-refractivity contribution in [1.82, 2.24) is 9.78 Å². The van der Waals surface area contributed by atoms with Gasteiger partial charge in [-0.1, -0.05) is 11.6 Å². The molecule has 0 radical (unpaired) electrons. The summed E-state index contributed by atoms with van der Waals surface area (Å²) in [5, 5.41) is 5.00. The number of aryl methyl sites for hydroxylation is 2. The first-order chi connectivity index (χ1) is 9.08. The predicted molar refractivity (Wildman–Crippen MR) is 80.0 cm³/mol. The number of thiophene rings is 1. The number of nitrogens with two attached hydrogens (primary N) is 1. The Morgan fingerprint density at radius 3 is 2.89 bits per heavy atom. The van der Waals surface area contributed by atoms with Crippen LogP contribution in [0.5, 0.6) is 0 Å². The van der Waals surface area contributed by atoms with Crippen LogP contribution in [-0.4, -0.2) is 9.78 Å². The van der Waals surface area contributed by atoms with Crippen molar-refractivity contribution >= 4 is 22.9 Å². The molecule has 0 saturated carbocycles. The maximum Gasteiger partial charge on any atom is 0.0838 e. The third kappa shape index (κ3) is 2.22. The van der Waals surface area contributed by atoms with Crippen LogP contribution in [0.1, 0.15) is 53.4 Å². The Morgan fingerprint density at radius 2 is 2.21 bits per heavy atom. The van der Waals surface area contributed by atoms with Gasteiger partial charge in [-0.05, 0) is 44.7 Å². The SMILES string of the molecule is CC(C)n1ncc(Cl)c1C(N)c1cc2c(s1)CCC2. The molecule has 1 unspecified atom stereocenters. The first-order valence-electron chi connectivity index (χ1n) is 6.68. The van der Waals surface area contributed by atoms with Crippen molar-refractivity contribution in [3.63, 3.8) is 0 Å². The molecule has 3 rings (SSSR count). The van der Waals surface area contributed by atoms with Crippen LogP contribution in [-0.2, 0) is 12.8 Å². The van der Waals surface area contributed by atoms with Gasteiger partial charge in [-0.15, -0.1) is 11.3 Å². The summed E-state index contributed by atoms with van der Waals surface area (Å²) in [6.45, 7) is 4.18. The number of nitrogens with zero attached hydrogens (tertiary/aromatic N) is 2. The Hall–Kier alpha value is -0.840. The summed E-state index contributed by atoms with van der Waals surface area (Å²) in [6, 6.07) is 2.35. The van der Waals surface area contributed by atoms with E-state index in [1.165, 1.54) is 34.6 Å². The number of halogens is 1. The second kappa shape index (κ2) is 4.93.